The van der Waals surface area contributed by atoms with E-state index in [2.05, 4.69) is 31.5 Å². The Bertz CT molecular complexity index is 291. The van der Waals surface area contributed by atoms with Crippen molar-refractivity contribution in [1.82, 2.24) is 10.7 Å². The molecule has 6 N–H and O–H groups in total. The summed E-state index contributed by atoms with van der Waals surface area (Å²) < 4.78 is 0. The van der Waals surface area contributed by atoms with Gasteiger partial charge in [-0.3, -0.25) is 11.3 Å². The van der Waals surface area contributed by atoms with Gasteiger partial charge in [-0.2, -0.15) is 0 Å². The van der Waals surface area contributed by atoms with Gasteiger partial charge in [-0.25, -0.2) is 0 Å². The molecule has 2 aliphatic rings. The molecule has 17 heavy (non-hydrogen) atoms. The average Bonchev–Trinajstić information content (AvgIpc) is 2.45. The third-order valence-corrected chi connectivity index (χ3v) is 5.66. The predicted molar refractivity (Wildman–Crippen MR) is 71.3 cm³/mol. The highest BCUT2D eigenvalue weighted by molar-refractivity contribution is 5.11. The van der Waals surface area contributed by atoms with Gasteiger partial charge in [0, 0.05) is 18.1 Å². The Hall–Kier alpha value is -0.160. The van der Waals surface area contributed by atoms with Crippen LogP contribution in [0.2, 0.25) is 0 Å². The monoisotopic (exact) mass is 240 g/mol. The molecule has 1 aliphatic carbocycles. The maximum Gasteiger partial charge on any atom is 0.0510 e. The Morgan fingerprint density at radius 1 is 1.18 bits per heavy atom. The molecule has 1 aliphatic heterocycles. The summed E-state index contributed by atoms with van der Waals surface area (Å²) in [4.78, 5) is 0. The number of hydrazine groups is 1. The van der Waals surface area contributed by atoms with E-state index in [1.54, 1.807) is 0 Å². The van der Waals surface area contributed by atoms with Crippen molar-refractivity contribution in [2.45, 2.75) is 70.0 Å². The van der Waals surface area contributed by atoms with Crippen molar-refractivity contribution >= 4 is 0 Å². The van der Waals surface area contributed by atoms with Gasteiger partial charge in [0.25, 0.3) is 0 Å². The largest absolute Gasteiger partial charge is 0.323 e. The van der Waals surface area contributed by atoms with Crippen LogP contribution in [0.4, 0.5) is 0 Å². The summed E-state index contributed by atoms with van der Waals surface area (Å²) in [5, 5.41) is 3.63. The predicted octanol–water partition coefficient (Wildman–Crippen LogP) is 0.868. The fourth-order valence-electron chi connectivity index (χ4n) is 3.64. The summed E-state index contributed by atoms with van der Waals surface area (Å²) in [5.41, 5.74) is 9.59. The van der Waals surface area contributed by atoms with Gasteiger partial charge in [0.1, 0.15) is 0 Å². The Labute approximate surface area is 105 Å². The minimum atomic E-state index is -0.290. The fourth-order valence-corrected chi connectivity index (χ4v) is 3.64. The van der Waals surface area contributed by atoms with Crippen LogP contribution in [0.5, 0.6) is 0 Å². The van der Waals surface area contributed by atoms with Gasteiger partial charge < -0.3 is 11.1 Å². The smallest absolute Gasteiger partial charge is 0.0510 e. The van der Waals surface area contributed by atoms with Crippen molar-refractivity contribution in [1.29, 1.82) is 0 Å². The maximum absolute atomic E-state index is 6.54. The number of hydrogen-bond donors (Lipinski definition) is 4. The molecule has 0 amide bonds. The van der Waals surface area contributed by atoms with Crippen molar-refractivity contribution in [3.63, 3.8) is 0 Å². The highest BCUT2D eigenvalue weighted by atomic mass is 15.3. The van der Waals surface area contributed by atoms with Crippen molar-refractivity contribution in [2.75, 3.05) is 6.54 Å². The van der Waals surface area contributed by atoms with Gasteiger partial charge in [-0.05, 0) is 44.9 Å². The number of hydrogen-bond acceptors (Lipinski definition) is 4. The van der Waals surface area contributed by atoms with E-state index in [1.807, 2.05) is 0 Å². The zero-order valence-electron chi connectivity index (χ0n) is 11.5. The third kappa shape index (κ3) is 2.01. The molecule has 1 saturated heterocycles. The van der Waals surface area contributed by atoms with E-state index in [0.717, 1.165) is 19.4 Å². The minimum absolute atomic E-state index is 0.113. The number of fused-ring (bicyclic) bond motifs is 3. The Morgan fingerprint density at radius 3 is 2.53 bits per heavy atom. The number of nitrogens with one attached hydrogen (secondary N) is 2. The number of rotatable bonds is 1. The third-order valence-electron chi connectivity index (χ3n) is 5.66. The first-order chi connectivity index (χ1) is 7.85. The van der Waals surface area contributed by atoms with E-state index in [4.69, 9.17) is 11.6 Å². The molecule has 4 heteroatoms. The molecule has 0 aromatic rings. The van der Waals surface area contributed by atoms with Gasteiger partial charge in [0.2, 0.25) is 0 Å². The minimum Gasteiger partial charge on any atom is -0.323 e. The Kier molecular flexibility index (Phi) is 3.28. The highest BCUT2D eigenvalue weighted by Crippen LogP contribution is 2.45. The van der Waals surface area contributed by atoms with Crippen molar-refractivity contribution < 1.29 is 0 Å². The molecule has 0 spiro atoms. The summed E-state index contributed by atoms with van der Waals surface area (Å²) in [6, 6.07) is 0.527. The van der Waals surface area contributed by atoms with Crippen LogP contribution < -0.4 is 22.3 Å². The van der Waals surface area contributed by atoms with Crippen LogP contribution >= 0.6 is 0 Å². The summed E-state index contributed by atoms with van der Waals surface area (Å²) in [5.74, 6) is 5.86. The molecule has 4 unspecified atom stereocenters. The van der Waals surface area contributed by atoms with Crippen molar-refractivity contribution in [3.05, 3.63) is 0 Å². The van der Waals surface area contributed by atoms with Gasteiger partial charge in [0.15, 0.2) is 0 Å². The maximum atomic E-state index is 6.54. The standard InChI is InChI=1S/C13H28N4/c1-10-11(2)5-4-6-13(17-15,8-7-11)12(3,14)9-16-10/h10,16-17H,4-9,14-15H2,1-3H3. The highest BCUT2D eigenvalue weighted by Gasteiger charge is 2.50. The van der Waals surface area contributed by atoms with Gasteiger partial charge >= 0.3 is 0 Å². The summed E-state index contributed by atoms with van der Waals surface area (Å²) in [6.45, 7) is 7.65. The molecular weight excluding hydrogens is 212 g/mol. The molecule has 4 atom stereocenters. The lowest BCUT2D eigenvalue weighted by Gasteiger charge is -2.49. The second kappa shape index (κ2) is 4.19. The quantitative estimate of drug-likeness (QED) is 0.405. The van der Waals surface area contributed by atoms with Crippen LogP contribution in [-0.2, 0) is 0 Å². The first-order valence-corrected chi connectivity index (χ1v) is 6.85. The van der Waals surface area contributed by atoms with Gasteiger partial charge in [0.05, 0.1) is 5.54 Å². The molecule has 0 aromatic heterocycles. The molecular formula is C13H28N4. The lowest BCUT2D eigenvalue weighted by molar-refractivity contribution is 0.105. The molecule has 2 fully saturated rings. The topological polar surface area (TPSA) is 76.1 Å². The molecule has 1 heterocycles. The summed E-state index contributed by atoms with van der Waals surface area (Å²) in [6.07, 6.45) is 5.83. The summed E-state index contributed by atoms with van der Waals surface area (Å²) in [7, 11) is 0. The van der Waals surface area contributed by atoms with E-state index in [9.17, 15) is 0 Å². The molecule has 4 nitrogen and oxygen atoms in total. The normalized spacial score (nSPS) is 51.7. The molecule has 100 valence electrons. The van der Waals surface area contributed by atoms with Crippen LogP contribution in [0.3, 0.4) is 0 Å². The molecule has 2 rings (SSSR count). The van der Waals surface area contributed by atoms with Crippen molar-refractivity contribution in [2.24, 2.45) is 17.0 Å². The van der Waals surface area contributed by atoms with Crippen LogP contribution in [0, 0.1) is 5.41 Å². The lowest BCUT2D eigenvalue weighted by atomic mass is 9.69. The first-order valence-electron chi connectivity index (χ1n) is 6.85. The average molecular weight is 240 g/mol. The second-order valence-corrected chi connectivity index (χ2v) is 6.75. The van der Waals surface area contributed by atoms with Crippen LogP contribution in [0.1, 0.15) is 52.9 Å². The van der Waals surface area contributed by atoms with Crippen molar-refractivity contribution in [3.8, 4) is 0 Å². The Morgan fingerprint density at radius 2 is 1.88 bits per heavy atom. The zero-order chi connectivity index (χ0) is 12.7. The molecule has 0 aromatic carbocycles. The Balaban J connectivity index is 2.35. The first kappa shape index (κ1) is 13.3. The van der Waals surface area contributed by atoms with E-state index in [0.29, 0.717) is 11.5 Å². The SMILES string of the molecule is CC1NCC(C)(N)C2(NN)CCCC1(C)CC2. The van der Waals surface area contributed by atoms with E-state index >= 15 is 0 Å². The fraction of sp³-hybridized carbons (Fsp3) is 1.00. The number of nitrogens with two attached hydrogens (primary N) is 2. The van der Waals surface area contributed by atoms with E-state index < -0.39 is 0 Å². The van der Waals surface area contributed by atoms with Crippen LogP contribution in [0.15, 0.2) is 0 Å². The van der Waals surface area contributed by atoms with Crippen LogP contribution in [0.25, 0.3) is 0 Å². The zero-order valence-corrected chi connectivity index (χ0v) is 11.5. The van der Waals surface area contributed by atoms with Crippen LogP contribution in [-0.4, -0.2) is 23.7 Å². The molecule has 0 radical (unpaired) electrons. The lowest BCUT2D eigenvalue weighted by Crippen LogP contribution is -2.72. The second-order valence-electron chi connectivity index (χ2n) is 6.75. The van der Waals surface area contributed by atoms with E-state index in [1.165, 1.54) is 19.3 Å². The molecule has 1 saturated carbocycles. The van der Waals surface area contributed by atoms with Gasteiger partial charge in [-0.15, -0.1) is 0 Å². The molecule has 2 bridgehead atoms. The van der Waals surface area contributed by atoms with Gasteiger partial charge in [-0.1, -0.05) is 13.3 Å². The summed E-state index contributed by atoms with van der Waals surface area (Å²) >= 11 is 0. The van der Waals surface area contributed by atoms with E-state index in [-0.39, 0.29) is 11.1 Å².